The van der Waals surface area contributed by atoms with Crippen molar-refractivity contribution in [1.82, 2.24) is 19.7 Å². The number of H-pyrrole nitrogens is 1. The minimum absolute atomic E-state index is 0.0246. The number of fused-ring (bicyclic) bond motifs is 1. The van der Waals surface area contributed by atoms with Crippen LogP contribution in [0.5, 0.6) is 0 Å². The van der Waals surface area contributed by atoms with Crippen molar-refractivity contribution in [2.75, 3.05) is 13.6 Å². The van der Waals surface area contributed by atoms with Gasteiger partial charge in [-0.05, 0) is 44.7 Å². The highest BCUT2D eigenvalue weighted by atomic mass is 16.3. The van der Waals surface area contributed by atoms with Crippen molar-refractivity contribution >= 4 is 16.9 Å². The molecule has 132 valence electrons. The Morgan fingerprint density at radius 2 is 2.08 bits per heavy atom. The molecule has 0 aliphatic rings. The Morgan fingerprint density at radius 3 is 2.71 bits per heavy atom. The number of carbonyl (C=O) groups excluding carboxylic acids is 1. The fourth-order valence-corrected chi connectivity index (χ4v) is 2.94. The Labute approximate surface area is 141 Å². The van der Waals surface area contributed by atoms with E-state index < -0.39 is 6.10 Å². The molecule has 24 heavy (non-hydrogen) atoms. The summed E-state index contributed by atoms with van der Waals surface area (Å²) in [4.78, 5) is 30.5. The van der Waals surface area contributed by atoms with Gasteiger partial charge in [-0.3, -0.25) is 19.4 Å². The number of amides is 1. The molecular weight excluding hydrogens is 308 g/mol. The summed E-state index contributed by atoms with van der Waals surface area (Å²) in [7, 11) is 3.50. The molecule has 0 saturated heterocycles. The van der Waals surface area contributed by atoms with Crippen LogP contribution in [0.25, 0.3) is 11.0 Å². The SMILES string of the molecule is Cc1nc2c(c(C)c1CCC(=O)N(C)CCC(C)O)c(=O)[nH]n2C. The Kier molecular flexibility index (Phi) is 5.43. The average molecular weight is 334 g/mol. The van der Waals surface area contributed by atoms with Crippen molar-refractivity contribution in [2.45, 2.75) is 46.1 Å². The summed E-state index contributed by atoms with van der Waals surface area (Å²) in [5.74, 6) is 0.0246. The van der Waals surface area contributed by atoms with Gasteiger partial charge in [-0.25, -0.2) is 4.98 Å². The number of hydrogen-bond acceptors (Lipinski definition) is 4. The topological polar surface area (TPSA) is 91.2 Å². The first-order valence-corrected chi connectivity index (χ1v) is 8.19. The second-order valence-electron chi connectivity index (χ2n) is 6.45. The highest BCUT2D eigenvalue weighted by Crippen LogP contribution is 2.21. The molecule has 7 heteroatoms. The Balaban J connectivity index is 2.17. The Bertz CT molecular complexity index is 804. The quantitative estimate of drug-likeness (QED) is 0.826. The molecule has 2 N–H and O–H groups in total. The summed E-state index contributed by atoms with van der Waals surface area (Å²) in [5, 5.41) is 12.6. The van der Waals surface area contributed by atoms with Crippen molar-refractivity contribution in [1.29, 1.82) is 0 Å². The molecule has 2 aromatic rings. The van der Waals surface area contributed by atoms with Crippen molar-refractivity contribution in [3.63, 3.8) is 0 Å². The molecule has 0 saturated carbocycles. The van der Waals surface area contributed by atoms with Crippen LogP contribution in [0.15, 0.2) is 4.79 Å². The van der Waals surface area contributed by atoms with E-state index in [0.29, 0.717) is 36.8 Å². The lowest BCUT2D eigenvalue weighted by Crippen LogP contribution is -2.29. The molecule has 0 bridgehead atoms. The van der Waals surface area contributed by atoms with Crippen LogP contribution in [0.3, 0.4) is 0 Å². The van der Waals surface area contributed by atoms with Gasteiger partial charge in [0, 0.05) is 32.8 Å². The summed E-state index contributed by atoms with van der Waals surface area (Å²) >= 11 is 0. The second-order valence-corrected chi connectivity index (χ2v) is 6.45. The summed E-state index contributed by atoms with van der Waals surface area (Å²) in [6.45, 7) is 6.05. The Hall–Kier alpha value is -2.15. The number of pyridine rings is 1. The lowest BCUT2D eigenvalue weighted by Gasteiger charge is -2.18. The molecule has 1 amide bonds. The van der Waals surface area contributed by atoms with Crippen molar-refractivity contribution in [3.8, 4) is 0 Å². The molecule has 0 radical (unpaired) electrons. The maximum atomic E-state index is 12.2. The highest BCUT2D eigenvalue weighted by Gasteiger charge is 2.17. The minimum atomic E-state index is -0.416. The van der Waals surface area contributed by atoms with Crippen molar-refractivity contribution in [3.05, 3.63) is 27.2 Å². The first kappa shape index (κ1) is 18.2. The van der Waals surface area contributed by atoms with Gasteiger partial charge in [0.25, 0.3) is 5.56 Å². The molecular formula is C17H26N4O3. The Morgan fingerprint density at radius 1 is 1.42 bits per heavy atom. The van der Waals surface area contributed by atoms with Crippen LogP contribution >= 0.6 is 0 Å². The predicted octanol–water partition coefficient (Wildman–Crippen LogP) is 1.04. The fourth-order valence-electron chi connectivity index (χ4n) is 2.94. The number of aromatic amines is 1. The number of nitrogens with one attached hydrogen (secondary N) is 1. The van der Waals surface area contributed by atoms with Gasteiger partial charge in [0.05, 0.1) is 11.5 Å². The van der Waals surface area contributed by atoms with E-state index in [0.717, 1.165) is 16.8 Å². The van der Waals surface area contributed by atoms with E-state index >= 15 is 0 Å². The molecule has 2 rings (SSSR count). The smallest absolute Gasteiger partial charge is 0.273 e. The standard InChI is InChI=1S/C17H26N4O3/c1-10(22)8-9-20(4)14(23)7-6-13-11(2)15-16(18-12(13)3)21(5)19-17(15)24/h10,22H,6-9H2,1-5H3,(H,19,24). The molecule has 0 aliphatic carbocycles. The van der Waals surface area contributed by atoms with Gasteiger partial charge >= 0.3 is 0 Å². The predicted molar refractivity (Wildman–Crippen MR) is 93.1 cm³/mol. The number of rotatable bonds is 6. The maximum absolute atomic E-state index is 12.2. The molecule has 0 aliphatic heterocycles. The summed E-state index contributed by atoms with van der Waals surface area (Å²) in [6, 6.07) is 0. The zero-order valence-corrected chi connectivity index (χ0v) is 15.0. The largest absolute Gasteiger partial charge is 0.393 e. The van der Waals surface area contributed by atoms with Gasteiger partial charge in [0.2, 0.25) is 5.91 Å². The number of hydrogen-bond donors (Lipinski definition) is 2. The summed E-state index contributed by atoms with van der Waals surface area (Å²) in [6.07, 6.45) is 1.05. The first-order chi connectivity index (χ1) is 11.2. The highest BCUT2D eigenvalue weighted by molar-refractivity contribution is 5.81. The zero-order chi connectivity index (χ0) is 18.0. The third-order valence-corrected chi connectivity index (χ3v) is 4.47. The van der Waals surface area contributed by atoms with E-state index in [1.165, 1.54) is 0 Å². The van der Waals surface area contributed by atoms with Gasteiger partial charge in [-0.15, -0.1) is 0 Å². The van der Waals surface area contributed by atoms with Crippen LogP contribution in [0, 0.1) is 13.8 Å². The van der Waals surface area contributed by atoms with E-state index in [9.17, 15) is 14.7 Å². The molecule has 2 aromatic heterocycles. The molecule has 1 atom stereocenters. The van der Waals surface area contributed by atoms with Gasteiger partial charge in [0.15, 0.2) is 5.65 Å². The minimum Gasteiger partial charge on any atom is -0.393 e. The molecule has 1 unspecified atom stereocenters. The van der Waals surface area contributed by atoms with Gasteiger partial charge in [-0.2, -0.15) is 0 Å². The van der Waals surface area contributed by atoms with Crippen LogP contribution in [0.2, 0.25) is 0 Å². The number of aryl methyl sites for hydroxylation is 3. The van der Waals surface area contributed by atoms with Crippen LogP contribution in [-0.4, -0.2) is 50.4 Å². The van der Waals surface area contributed by atoms with E-state index in [1.807, 2.05) is 13.8 Å². The summed E-state index contributed by atoms with van der Waals surface area (Å²) in [5.41, 5.74) is 3.17. The van der Waals surface area contributed by atoms with Crippen LogP contribution in [0.1, 0.15) is 36.6 Å². The molecule has 7 nitrogen and oxygen atoms in total. The number of aliphatic hydroxyl groups excluding tert-OH is 1. The number of aliphatic hydroxyl groups is 1. The van der Waals surface area contributed by atoms with Crippen molar-refractivity contribution in [2.24, 2.45) is 7.05 Å². The normalized spacial score (nSPS) is 12.6. The van der Waals surface area contributed by atoms with Gasteiger partial charge in [0.1, 0.15) is 0 Å². The van der Waals surface area contributed by atoms with Crippen LogP contribution < -0.4 is 5.56 Å². The third kappa shape index (κ3) is 3.67. The molecule has 0 aromatic carbocycles. The lowest BCUT2D eigenvalue weighted by atomic mass is 10.00. The van der Waals surface area contributed by atoms with Crippen molar-refractivity contribution < 1.29 is 9.90 Å². The van der Waals surface area contributed by atoms with E-state index in [2.05, 4.69) is 10.1 Å². The van der Waals surface area contributed by atoms with Crippen LogP contribution in [-0.2, 0) is 18.3 Å². The maximum Gasteiger partial charge on any atom is 0.273 e. The number of carbonyl (C=O) groups is 1. The number of aromatic nitrogens is 3. The molecule has 2 heterocycles. The van der Waals surface area contributed by atoms with E-state index in [1.54, 1.807) is 30.6 Å². The average Bonchev–Trinajstić information content (AvgIpc) is 2.78. The molecule has 0 fully saturated rings. The number of nitrogens with zero attached hydrogens (tertiary/aromatic N) is 3. The lowest BCUT2D eigenvalue weighted by molar-refractivity contribution is -0.130. The first-order valence-electron chi connectivity index (χ1n) is 8.19. The fraction of sp³-hybridized carbons (Fsp3) is 0.588. The second kappa shape index (κ2) is 7.17. The van der Waals surface area contributed by atoms with E-state index in [-0.39, 0.29) is 11.5 Å². The third-order valence-electron chi connectivity index (χ3n) is 4.47. The molecule has 0 spiro atoms. The van der Waals surface area contributed by atoms with Gasteiger partial charge < -0.3 is 10.0 Å². The van der Waals surface area contributed by atoms with E-state index in [4.69, 9.17) is 0 Å². The zero-order valence-electron chi connectivity index (χ0n) is 15.0. The summed E-state index contributed by atoms with van der Waals surface area (Å²) < 4.78 is 1.62. The van der Waals surface area contributed by atoms with Crippen LogP contribution in [0.4, 0.5) is 0 Å². The van der Waals surface area contributed by atoms with Gasteiger partial charge in [-0.1, -0.05) is 0 Å². The monoisotopic (exact) mass is 334 g/mol.